The molecule has 1 N–H and O–H groups in total. The average molecular weight is 405 g/mol. The Hall–Kier alpha value is -1.51. The van der Waals surface area contributed by atoms with E-state index in [0.717, 1.165) is 5.75 Å². The van der Waals surface area contributed by atoms with Gasteiger partial charge in [0.1, 0.15) is 12.4 Å². The fraction of sp³-hybridized carbons (Fsp3) is 0.588. The van der Waals surface area contributed by atoms with Gasteiger partial charge in [-0.1, -0.05) is 25.4 Å². The van der Waals surface area contributed by atoms with Crippen LogP contribution in [-0.4, -0.2) is 76.2 Å². The number of hydrogen-bond donors (Lipinski definition) is 1. The Labute approximate surface area is 162 Å². The van der Waals surface area contributed by atoms with E-state index in [1.807, 2.05) is 37.9 Å². The Bertz CT molecular complexity index is 661. The van der Waals surface area contributed by atoms with Gasteiger partial charge >= 0.3 is 0 Å². The van der Waals surface area contributed by atoms with Crippen LogP contribution in [0.3, 0.4) is 0 Å². The first-order chi connectivity index (χ1) is 12.3. The number of likely N-dealkylation sites (N-methyl/N-ethyl adjacent to an activating group) is 1. The minimum atomic E-state index is -3.25. The highest BCUT2D eigenvalue weighted by molar-refractivity contribution is 7.89. The molecular weight excluding hydrogens is 376 g/mol. The van der Waals surface area contributed by atoms with Gasteiger partial charge in [0.05, 0.1) is 12.3 Å². The molecule has 0 spiro atoms. The molecule has 0 bridgehead atoms. The highest BCUT2D eigenvalue weighted by Crippen LogP contribution is 2.15. The zero-order valence-corrected chi connectivity index (χ0v) is 17.5. The van der Waals surface area contributed by atoms with Crippen molar-refractivity contribution in [2.75, 3.05) is 52.6 Å². The summed E-state index contributed by atoms with van der Waals surface area (Å²) in [6.07, 6.45) is 0. The number of sulfonamides is 1. The third kappa shape index (κ3) is 7.39. The van der Waals surface area contributed by atoms with Crippen LogP contribution in [0, 0.1) is 0 Å². The molecule has 0 atom stereocenters. The quantitative estimate of drug-likeness (QED) is 0.476. The van der Waals surface area contributed by atoms with Gasteiger partial charge in [-0.3, -0.25) is 4.99 Å². The van der Waals surface area contributed by atoms with Crippen molar-refractivity contribution in [3.8, 4) is 5.75 Å². The Morgan fingerprint density at radius 3 is 2.38 bits per heavy atom. The largest absolute Gasteiger partial charge is 0.492 e. The van der Waals surface area contributed by atoms with Crippen molar-refractivity contribution in [2.24, 2.45) is 4.99 Å². The Morgan fingerprint density at radius 2 is 1.85 bits per heavy atom. The van der Waals surface area contributed by atoms with Crippen LogP contribution in [0.15, 0.2) is 29.3 Å². The summed E-state index contributed by atoms with van der Waals surface area (Å²) in [5.74, 6) is 1.40. The zero-order chi connectivity index (χ0) is 19.6. The van der Waals surface area contributed by atoms with Crippen molar-refractivity contribution >= 4 is 27.6 Å². The number of nitrogens with one attached hydrogen (secondary N) is 1. The number of halogens is 1. The first-order valence-corrected chi connectivity index (χ1v) is 10.6. The summed E-state index contributed by atoms with van der Waals surface area (Å²) < 4.78 is 31.5. The molecule has 0 heterocycles. The molecule has 7 nitrogen and oxygen atoms in total. The van der Waals surface area contributed by atoms with E-state index in [4.69, 9.17) is 16.3 Å². The molecule has 1 rings (SSSR count). The molecule has 148 valence electrons. The van der Waals surface area contributed by atoms with Gasteiger partial charge in [-0.2, -0.15) is 0 Å². The SMILES string of the molecule is CCN(CC)S(=O)(=O)CCNC(=NC)N(C)CCOc1ccc(Cl)cc1. The summed E-state index contributed by atoms with van der Waals surface area (Å²) in [7, 11) is 0.292. The lowest BCUT2D eigenvalue weighted by Crippen LogP contribution is -2.44. The number of hydrogen-bond acceptors (Lipinski definition) is 4. The molecule has 0 radical (unpaired) electrons. The molecule has 0 saturated heterocycles. The van der Waals surface area contributed by atoms with Crippen LogP contribution >= 0.6 is 11.6 Å². The monoisotopic (exact) mass is 404 g/mol. The van der Waals surface area contributed by atoms with Gasteiger partial charge in [0.25, 0.3) is 0 Å². The molecule has 0 fully saturated rings. The molecule has 0 amide bonds. The average Bonchev–Trinajstić information content (AvgIpc) is 2.61. The number of nitrogens with zero attached hydrogens (tertiary/aromatic N) is 3. The van der Waals surface area contributed by atoms with Gasteiger partial charge in [0.2, 0.25) is 10.0 Å². The van der Waals surface area contributed by atoms with Crippen LogP contribution in [0.2, 0.25) is 5.02 Å². The summed E-state index contributed by atoms with van der Waals surface area (Å²) in [5, 5.41) is 3.75. The van der Waals surface area contributed by atoms with Crippen molar-refractivity contribution in [3.05, 3.63) is 29.3 Å². The van der Waals surface area contributed by atoms with Crippen LogP contribution in [-0.2, 0) is 10.0 Å². The molecule has 0 aliphatic carbocycles. The van der Waals surface area contributed by atoms with Crippen molar-refractivity contribution in [3.63, 3.8) is 0 Å². The number of ether oxygens (including phenoxy) is 1. The fourth-order valence-corrected chi connectivity index (χ4v) is 3.89. The first kappa shape index (κ1) is 22.5. The minimum Gasteiger partial charge on any atom is -0.492 e. The molecule has 0 aromatic heterocycles. The predicted octanol–water partition coefficient (Wildman–Crippen LogP) is 1.90. The van der Waals surface area contributed by atoms with Gasteiger partial charge in [0, 0.05) is 38.8 Å². The maximum Gasteiger partial charge on any atom is 0.215 e. The maximum absolute atomic E-state index is 12.2. The summed E-state index contributed by atoms with van der Waals surface area (Å²) in [4.78, 5) is 6.07. The van der Waals surface area contributed by atoms with E-state index in [0.29, 0.717) is 43.8 Å². The maximum atomic E-state index is 12.2. The summed E-state index contributed by atoms with van der Waals surface area (Å²) in [6, 6.07) is 7.18. The third-order valence-electron chi connectivity index (χ3n) is 3.82. The molecule has 0 saturated carbocycles. The number of aliphatic imine (C=N–C) groups is 1. The number of rotatable bonds is 10. The Kier molecular flexibility index (Phi) is 9.75. The highest BCUT2D eigenvalue weighted by Gasteiger charge is 2.18. The molecule has 9 heteroatoms. The second kappa shape index (κ2) is 11.3. The van der Waals surface area contributed by atoms with Crippen molar-refractivity contribution < 1.29 is 13.2 Å². The van der Waals surface area contributed by atoms with E-state index in [2.05, 4.69) is 10.3 Å². The van der Waals surface area contributed by atoms with Crippen LogP contribution < -0.4 is 10.1 Å². The van der Waals surface area contributed by atoms with Crippen LogP contribution in [0.25, 0.3) is 0 Å². The van der Waals surface area contributed by atoms with Gasteiger partial charge < -0.3 is 15.0 Å². The topological polar surface area (TPSA) is 74.2 Å². The van der Waals surface area contributed by atoms with E-state index in [1.165, 1.54) is 4.31 Å². The predicted molar refractivity (Wildman–Crippen MR) is 108 cm³/mol. The molecule has 0 unspecified atom stereocenters. The Balaban J connectivity index is 2.41. The number of benzene rings is 1. The summed E-state index contributed by atoms with van der Waals surface area (Å²) in [6.45, 7) is 6.00. The lowest BCUT2D eigenvalue weighted by atomic mass is 10.3. The number of guanidine groups is 1. The van der Waals surface area contributed by atoms with Gasteiger partial charge in [0.15, 0.2) is 5.96 Å². The van der Waals surface area contributed by atoms with Gasteiger partial charge in [-0.25, -0.2) is 12.7 Å². The minimum absolute atomic E-state index is 0.0306. The lowest BCUT2D eigenvalue weighted by molar-refractivity contribution is 0.281. The Morgan fingerprint density at radius 1 is 1.23 bits per heavy atom. The highest BCUT2D eigenvalue weighted by atomic mass is 35.5. The molecule has 26 heavy (non-hydrogen) atoms. The molecular formula is C17H29ClN4O3S. The van der Waals surface area contributed by atoms with Gasteiger partial charge in [-0.05, 0) is 24.3 Å². The fourth-order valence-electron chi connectivity index (χ4n) is 2.36. The van der Waals surface area contributed by atoms with Crippen molar-refractivity contribution in [2.45, 2.75) is 13.8 Å². The van der Waals surface area contributed by atoms with E-state index < -0.39 is 10.0 Å². The van der Waals surface area contributed by atoms with E-state index >= 15 is 0 Å². The van der Waals surface area contributed by atoms with Gasteiger partial charge in [-0.15, -0.1) is 0 Å². The summed E-state index contributed by atoms with van der Waals surface area (Å²) >= 11 is 5.84. The van der Waals surface area contributed by atoms with E-state index in [1.54, 1.807) is 19.2 Å². The van der Waals surface area contributed by atoms with Crippen LogP contribution in [0.4, 0.5) is 0 Å². The standard InChI is InChI=1S/C17H29ClN4O3S/c1-5-22(6-2)26(23,24)14-11-20-17(19-3)21(4)12-13-25-16-9-7-15(18)8-10-16/h7-10H,5-6,11-14H2,1-4H3,(H,19,20). The molecule has 1 aromatic rings. The van der Waals surface area contributed by atoms with Crippen molar-refractivity contribution in [1.29, 1.82) is 0 Å². The second-order valence-electron chi connectivity index (χ2n) is 5.60. The third-order valence-corrected chi connectivity index (χ3v) is 6.10. The van der Waals surface area contributed by atoms with E-state index in [-0.39, 0.29) is 5.75 Å². The van der Waals surface area contributed by atoms with Crippen LogP contribution in [0.1, 0.15) is 13.8 Å². The second-order valence-corrected chi connectivity index (χ2v) is 8.12. The van der Waals surface area contributed by atoms with E-state index in [9.17, 15) is 8.42 Å². The van der Waals surface area contributed by atoms with Crippen molar-refractivity contribution in [1.82, 2.24) is 14.5 Å². The molecule has 0 aliphatic heterocycles. The normalized spacial score (nSPS) is 12.3. The summed E-state index contributed by atoms with van der Waals surface area (Å²) in [5.41, 5.74) is 0. The molecule has 1 aromatic carbocycles. The molecule has 0 aliphatic rings. The van der Waals surface area contributed by atoms with Crippen LogP contribution in [0.5, 0.6) is 5.75 Å². The lowest BCUT2D eigenvalue weighted by Gasteiger charge is -2.23. The smallest absolute Gasteiger partial charge is 0.215 e. The zero-order valence-electron chi connectivity index (χ0n) is 15.9. The first-order valence-electron chi connectivity index (χ1n) is 8.62.